The lowest BCUT2D eigenvalue weighted by atomic mass is 9.79. The Labute approximate surface area is 139 Å². The summed E-state index contributed by atoms with van der Waals surface area (Å²) in [6, 6.07) is 5.29. The number of ether oxygens (including phenoxy) is 1. The van der Waals surface area contributed by atoms with Gasteiger partial charge in [0.2, 0.25) is 5.91 Å². The van der Waals surface area contributed by atoms with Crippen molar-refractivity contribution in [3.05, 3.63) is 34.9 Å². The number of aromatic nitrogens is 3. The lowest BCUT2D eigenvalue weighted by Gasteiger charge is -2.37. The maximum Gasteiger partial charge on any atom is 0.350 e. The number of fused-ring (bicyclic) bond motifs is 1. The van der Waals surface area contributed by atoms with Crippen molar-refractivity contribution in [3.8, 4) is 0 Å². The highest BCUT2D eigenvalue weighted by Crippen LogP contribution is 2.28. The number of hydrogen-bond acceptors (Lipinski definition) is 5. The normalized spacial score (nSPS) is 17.0. The fourth-order valence-electron chi connectivity index (χ4n) is 3.18. The van der Waals surface area contributed by atoms with Gasteiger partial charge in [-0.05, 0) is 38.1 Å². The highest BCUT2D eigenvalue weighted by molar-refractivity contribution is 5.75. The van der Waals surface area contributed by atoms with Crippen molar-refractivity contribution in [2.45, 2.75) is 19.4 Å². The Hall–Kier alpha value is -2.19. The molecule has 0 unspecified atom stereocenters. The first-order valence-electron chi connectivity index (χ1n) is 8.14. The summed E-state index contributed by atoms with van der Waals surface area (Å²) >= 11 is 0. The van der Waals surface area contributed by atoms with E-state index in [9.17, 15) is 9.59 Å². The number of methoxy groups -OCH3 is 1. The molecule has 1 aliphatic heterocycles. The molecule has 0 bridgehead atoms. The van der Waals surface area contributed by atoms with Gasteiger partial charge in [0, 0.05) is 25.3 Å². The van der Waals surface area contributed by atoms with E-state index in [2.05, 4.69) is 15.7 Å². The molecule has 1 aliphatic rings. The molecular weight excluding hydrogens is 310 g/mol. The zero-order valence-electron chi connectivity index (χ0n) is 13.8. The molecule has 2 N–H and O–H groups in total. The van der Waals surface area contributed by atoms with Crippen LogP contribution in [0.4, 0.5) is 0 Å². The summed E-state index contributed by atoms with van der Waals surface area (Å²) in [5.41, 5.74) is 0.179. The molecule has 3 heterocycles. The molecule has 1 amide bonds. The van der Waals surface area contributed by atoms with Gasteiger partial charge in [-0.1, -0.05) is 6.07 Å². The third kappa shape index (κ3) is 3.49. The standard InChI is InChI=1S/C16H23N5O3/c1-24-12-16(5-7-17-8-6-16)11-18-14(22)10-21-15(23)20-9-3-2-4-13(20)19-21/h2-4,9,17H,5-8,10-12H2,1H3,(H,18,22). The van der Waals surface area contributed by atoms with Crippen LogP contribution in [0.5, 0.6) is 0 Å². The summed E-state index contributed by atoms with van der Waals surface area (Å²) < 4.78 is 7.96. The number of carbonyl (C=O) groups excluding carboxylic acids is 1. The molecule has 2 aromatic rings. The van der Waals surface area contributed by atoms with E-state index in [4.69, 9.17) is 4.74 Å². The van der Waals surface area contributed by atoms with Gasteiger partial charge in [-0.25, -0.2) is 9.48 Å². The summed E-state index contributed by atoms with van der Waals surface area (Å²) in [4.78, 5) is 24.4. The number of amides is 1. The van der Waals surface area contributed by atoms with Gasteiger partial charge >= 0.3 is 5.69 Å². The first kappa shape index (κ1) is 16.7. The molecular formula is C16H23N5O3. The van der Waals surface area contributed by atoms with E-state index in [1.54, 1.807) is 31.5 Å². The first-order chi connectivity index (χ1) is 11.6. The maximum absolute atomic E-state index is 12.3. The molecule has 2 aromatic heterocycles. The Kier molecular flexibility index (Phi) is 4.96. The van der Waals surface area contributed by atoms with Crippen LogP contribution in [-0.2, 0) is 16.1 Å². The second-order valence-corrected chi connectivity index (χ2v) is 6.33. The van der Waals surface area contributed by atoms with Crippen LogP contribution in [0.2, 0.25) is 0 Å². The third-order valence-electron chi connectivity index (χ3n) is 4.56. The second kappa shape index (κ2) is 7.14. The molecule has 3 rings (SSSR count). The number of rotatable bonds is 6. The van der Waals surface area contributed by atoms with Gasteiger partial charge in [0.1, 0.15) is 6.54 Å². The largest absolute Gasteiger partial charge is 0.384 e. The molecule has 130 valence electrons. The minimum atomic E-state index is -0.311. The number of piperidine rings is 1. The van der Waals surface area contributed by atoms with Crippen LogP contribution < -0.4 is 16.3 Å². The van der Waals surface area contributed by atoms with Crippen LogP contribution in [0, 0.1) is 5.41 Å². The molecule has 0 aromatic carbocycles. The Bertz CT molecular complexity index is 755. The van der Waals surface area contributed by atoms with Crippen LogP contribution in [0.3, 0.4) is 0 Å². The molecule has 8 nitrogen and oxygen atoms in total. The average Bonchev–Trinajstić information content (AvgIpc) is 2.91. The Morgan fingerprint density at radius 2 is 2.21 bits per heavy atom. The smallest absolute Gasteiger partial charge is 0.350 e. The van der Waals surface area contributed by atoms with Crippen LogP contribution in [0.25, 0.3) is 5.65 Å². The molecule has 0 aliphatic carbocycles. The zero-order valence-corrected chi connectivity index (χ0v) is 13.8. The molecule has 0 saturated carbocycles. The number of nitrogens with one attached hydrogen (secondary N) is 2. The second-order valence-electron chi connectivity index (χ2n) is 6.33. The fraction of sp³-hybridized carbons (Fsp3) is 0.562. The lowest BCUT2D eigenvalue weighted by Crippen LogP contribution is -2.48. The van der Waals surface area contributed by atoms with Crippen molar-refractivity contribution in [3.63, 3.8) is 0 Å². The quantitative estimate of drug-likeness (QED) is 0.753. The van der Waals surface area contributed by atoms with Crippen LogP contribution in [0.1, 0.15) is 12.8 Å². The van der Waals surface area contributed by atoms with Crippen molar-refractivity contribution in [2.24, 2.45) is 5.41 Å². The van der Waals surface area contributed by atoms with E-state index in [-0.39, 0.29) is 23.6 Å². The monoisotopic (exact) mass is 333 g/mol. The molecule has 0 atom stereocenters. The Morgan fingerprint density at radius 3 is 2.92 bits per heavy atom. The molecule has 0 spiro atoms. The number of carbonyl (C=O) groups is 1. The highest BCUT2D eigenvalue weighted by Gasteiger charge is 2.32. The minimum absolute atomic E-state index is 0.0421. The fourth-order valence-corrected chi connectivity index (χ4v) is 3.18. The van der Waals surface area contributed by atoms with Crippen molar-refractivity contribution in [2.75, 3.05) is 33.4 Å². The summed E-state index contributed by atoms with van der Waals surface area (Å²) in [5, 5.41) is 10.4. The van der Waals surface area contributed by atoms with Crippen molar-refractivity contribution in [1.82, 2.24) is 24.8 Å². The molecule has 24 heavy (non-hydrogen) atoms. The molecule has 1 fully saturated rings. The third-order valence-corrected chi connectivity index (χ3v) is 4.56. The minimum Gasteiger partial charge on any atom is -0.384 e. The SMILES string of the molecule is COCC1(CNC(=O)Cn2nc3ccccn3c2=O)CCNCC1. The van der Waals surface area contributed by atoms with Gasteiger partial charge in [0.25, 0.3) is 0 Å². The van der Waals surface area contributed by atoms with E-state index in [0.717, 1.165) is 25.9 Å². The Balaban J connectivity index is 1.64. The predicted octanol–water partition coefficient (Wildman–Crippen LogP) is -0.372. The highest BCUT2D eigenvalue weighted by atomic mass is 16.5. The van der Waals surface area contributed by atoms with Crippen molar-refractivity contribution >= 4 is 11.6 Å². The number of pyridine rings is 1. The van der Waals surface area contributed by atoms with E-state index in [1.807, 2.05) is 0 Å². The molecule has 0 radical (unpaired) electrons. The summed E-state index contributed by atoms with van der Waals surface area (Å²) in [6.45, 7) is 2.92. The van der Waals surface area contributed by atoms with Gasteiger partial charge < -0.3 is 15.4 Å². The Morgan fingerprint density at radius 1 is 1.42 bits per heavy atom. The maximum atomic E-state index is 12.3. The van der Waals surface area contributed by atoms with E-state index in [0.29, 0.717) is 18.8 Å². The van der Waals surface area contributed by atoms with E-state index in [1.165, 1.54) is 9.08 Å². The summed E-state index contributed by atoms with van der Waals surface area (Å²) in [5.74, 6) is -0.213. The van der Waals surface area contributed by atoms with Gasteiger partial charge in [-0.2, -0.15) is 0 Å². The zero-order chi connectivity index (χ0) is 17.0. The molecule has 1 saturated heterocycles. The van der Waals surface area contributed by atoms with Gasteiger partial charge in [-0.3, -0.25) is 9.20 Å². The van der Waals surface area contributed by atoms with Crippen molar-refractivity contribution in [1.29, 1.82) is 0 Å². The van der Waals surface area contributed by atoms with Gasteiger partial charge in [0.05, 0.1) is 6.61 Å². The number of hydrogen-bond donors (Lipinski definition) is 2. The summed E-state index contributed by atoms with van der Waals surface area (Å²) in [6.07, 6.45) is 3.55. The van der Waals surface area contributed by atoms with Gasteiger partial charge in [-0.15, -0.1) is 5.10 Å². The average molecular weight is 333 g/mol. The lowest BCUT2D eigenvalue weighted by molar-refractivity contribution is -0.122. The van der Waals surface area contributed by atoms with Crippen LogP contribution in [-0.4, -0.2) is 53.4 Å². The predicted molar refractivity (Wildman–Crippen MR) is 88.9 cm³/mol. The topological polar surface area (TPSA) is 89.7 Å². The summed E-state index contributed by atoms with van der Waals surface area (Å²) in [7, 11) is 1.68. The van der Waals surface area contributed by atoms with Gasteiger partial charge in [0.15, 0.2) is 5.65 Å². The van der Waals surface area contributed by atoms with Crippen LogP contribution >= 0.6 is 0 Å². The number of nitrogens with zero attached hydrogens (tertiary/aromatic N) is 3. The van der Waals surface area contributed by atoms with Crippen molar-refractivity contribution < 1.29 is 9.53 Å². The van der Waals surface area contributed by atoms with E-state index >= 15 is 0 Å². The van der Waals surface area contributed by atoms with Crippen LogP contribution in [0.15, 0.2) is 29.2 Å². The van der Waals surface area contributed by atoms with E-state index < -0.39 is 0 Å². The first-order valence-corrected chi connectivity index (χ1v) is 8.14. The molecule has 8 heteroatoms.